The number of rotatable bonds is 2. The number of thiophene rings is 1. The summed E-state index contributed by atoms with van der Waals surface area (Å²) in [7, 11) is 0. The minimum atomic E-state index is -0.180. The number of hydrogen-bond acceptors (Lipinski definition) is 4. The Bertz CT molecular complexity index is 423. The Morgan fingerprint density at radius 1 is 1.47 bits per heavy atom. The summed E-state index contributed by atoms with van der Waals surface area (Å²) in [5, 5.41) is 1.76. The van der Waals surface area contributed by atoms with Crippen molar-refractivity contribution >= 4 is 40.3 Å². The fourth-order valence-electron chi connectivity index (χ4n) is 1.28. The molecule has 1 fully saturated rings. The van der Waals surface area contributed by atoms with Crippen molar-refractivity contribution in [1.82, 2.24) is 4.90 Å². The van der Waals surface area contributed by atoms with E-state index in [1.807, 2.05) is 17.5 Å². The van der Waals surface area contributed by atoms with E-state index < -0.39 is 0 Å². The molecule has 0 saturated carbocycles. The Balaban J connectivity index is 2.26. The molecule has 1 aromatic heterocycles. The van der Waals surface area contributed by atoms with E-state index in [0.29, 0.717) is 11.4 Å². The molecular weight excluding hydrogens is 230 g/mol. The highest BCUT2D eigenvalue weighted by Crippen LogP contribution is 2.32. The Hall–Kier alpha value is -1.07. The number of nitrogens with zero attached hydrogens (tertiary/aromatic N) is 1. The van der Waals surface area contributed by atoms with E-state index in [-0.39, 0.29) is 11.1 Å². The van der Waals surface area contributed by atoms with Gasteiger partial charge in [-0.2, -0.15) is 0 Å². The molecule has 0 N–H and O–H groups in total. The fourth-order valence-corrected chi connectivity index (χ4v) is 2.90. The number of hydrogen-bond donors (Lipinski definition) is 0. The van der Waals surface area contributed by atoms with E-state index in [2.05, 4.69) is 0 Å². The van der Waals surface area contributed by atoms with Gasteiger partial charge in [0.2, 0.25) is 0 Å². The highest BCUT2D eigenvalue weighted by molar-refractivity contribution is 8.18. The first-order valence-corrected chi connectivity index (χ1v) is 6.21. The van der Waals surface area contributed by atoms with Gasteiger partial charge in [-0.25, -0.2) is 0 Å². The summed E-state index contributed by atoms with van der Waals surface area (Å²) in [4.78, 5) is 25.8. The Morgan fingerprint density at radius 3 is 2.80 bits per heavy atom. The predicted molar refractivity (Wildman–Crippen MR) is 62.7 cm³/mol. The van der Waals surface area contributed by atoms with Crippen molar-refractivity contribution in [2.24, 2.45) is 0 Å². The van der Waals surface area contributed by atoms with Crippen molar-refractivity contribution in [2.45, 2.75) is 6.92 Å². The van der Waals surface area contributed by atoms with E-state index in [1.54, 1.807) is 24.3 Å². The second kappa shape index (κ2) is 4.20. The zero-order valence-electron chi connectivity index (χ0n) is 8.10. The standard InChI is InChI=1S/C10H9NO2S2/c1-2-11-9(12)8(15-10(11)13)6-7-4-3-5-14-7/h3-6H,2H2,1H3/b8-6+. The topological polar surface area (TPSA) is 37.4 Å². The third-order valence-electron chi connectivity index (χ3n) is 2.01. The molecule has 5 heteroatoms. The van der Waals surface area contributed by atoms with Gasteiger partial charge in [0.15, 0.2) is 0 Å². The van der Waals surface area contributed by atoms with Crippen LogP contribution in [0, 0.1) is 0 Å². The molecule has 2 rings (SSSR count). The quantitative estimate of drug-likeness (QED) is 0.745. The third-order valence-corrected chi connectivity index (χ3v) is 3.73. The molecule has 0 aliphatic carbocycles. The van der Waals surface area contributed by atoms with Gasteiger partial charge in [-0.3, -0.25) is 14.5 Å². The van der Waals surface area contributed by atoms with Crippen LogP contribution in [0.3, 0.4) is 0 Å². The SMILES string of the molecule is CCN1C(=O)S/C(=C/c2cccs2)C1=O. The van der Waals surface area contributed by atoms with Crippen molar-refractivity contribution in [3.63, 3.8) is 0 Å². The Kier molecular flexibility index (Phi) is 2.93. The summed E-state index contributed by atoms with van der Waals surface area (Å²) < 4.78 is 0. The molecule has 1 aliphatic heterocycles. The van der Waals surface area contributed by atoms with E-state index in [0.717, 1.165) is 16.6 Å². The van der Waals surface area contributed by atoms with Crippen LogP contribution < -0.4 is 0 Å². The van der Waals surface area contributed by atoms with Gasteiger partial charge in [-0.15, -0.1) is 11.3 Å². The minimum absolute atomic E-state index is 0.176. The predicted octanol–water partition coefficient (Wildman–Crippen LogP) is 2.80. The zero-order valence-corrected chi connectivity index (χ0v) is 9.73. The van der Waals surface area contributed by atoms with Crippen LogP contribution in [0.2, 0.25) is 0 Å². The normalized spacial score (nSPS) is 19.3. The Labute approximate surface area is 95.8 Å². The maximum Gasteiger partial charge on any atom is 0.293 e. The molecule has 1 aliphatic rings. The van der Waals surface area contributed by atoms with E-state index in [4.69, 9.17) is 0 Å². The van der Waals surface area contributed by atoms with Crippen LogP contribution in [0.25, 0.3) is 6.08 Å². The van der Waals surface area contributed by atoms with Gasteiger partial charge < -0.3 is 0 Å². The molecule has 0 bridgehead atoms. The summed E-state index contributed by atoms with van der Waals surface area (Å²) in [6.07, 6.45) is 1.77. The molecule has 3 nitrogen and oxygen atoms in total. The second-order valence-corrected chi connectivity index (χ2v) is 4.91. The van der Waals surface area contributed by atoms with Crippen molar-refractivity contribution in [3.8, 4) is 0 Å². The van der Waals surface area contributed by atoms with E-state index in [1.165, 1.54) is 4.90 Å². The maximum atomic E-state index is 11.7. The monoisotopic (exact) mass is 239 g/mol. The smallest absolute Gasteiger partial charge is 0.269 e. The summed E-state index contributed by atoms with van der Waals surface area (Å²) in [5.74, 6) is -0.180. The second-order valence-electron chi connectivity index (χ2n) is 2.94. The average Bonchev–Trinajstić information content (AvgIpc) is 2.78. The summed E-state index contributed by atoms with van der Waals surface area (Å²) in [6, 6.07) is 3.84. The summed E-state index contributed by atoms with van der Waals surface area (Å²) >= 11 is 2.56. The number of imide groups is 1. The first-order valence-electron chi connectivity index (χ1n) is 4.51. The number of amides is 2. The summed E-state index contributed by atoms with van der Waals surface area (Å²) in [5.41, 5.74) is 0. The van der Waals surface area contributed by atoms with Gasteiger partial charge in [0.25, 0.3) is 11.1 Å². The number of carbonyl (C=O) groups is 2. The van der Waals surface area contributed by atoms with Crippen LogP contribution in [0.15, 0.2) is 22.4 Å². The van der Waals surface area contributed by atoms with Crippen LogP contribution >= 0.6 is 23.1 Å². The molecule has 0 aromatic carbocycles. The number of likely N-dealkylation sites (N-methyl/N-ethyl adjacent to an activating group) is 1. The molecule has 78 valence electrons. The minimum Gasteiger partial charge on any atom is -0.269 e. The molecule has 1 aromatic rings. The average molecular weight is 239 g/mol. The van der Waals surface area contributed by atoms with Gasteiger partial charge in [0, 0.05) is 11.4 Å². The van der Waals surface area contributed by atoms with Gasteiger partial charge in [0.05, 0.1) is 4.91 Å². The molecule has 0 spiro atoms. The van der Waals surface area contributed by atoms with E-state index in [9.17, 15) is 9.59 Å². The number of thioether (sulfide) groups is 1. The van der Waals surface area contributed by atoms with Crippen LogP contribution in [0.1, 0.15) is 11.8 Å². The first kappa shape index (κ1) is 10.4. The lowest BCUT2D eigenvalue weighted by atomic mass is 10.4. The fraction of sp³-hybridized carbons (Fsp3) is 0.200. The molecule has 2 amide bonds. The molecule has 15 heavy (non-hydrogen) atoms. The highest BCUT2D eigenvalue weighted by Gasteiger charge is 2.33. The van der Waals surface area contributed by atoms with Gasteiger partial charge in [-0.05, 0) is 36.2 Å². The van der Waals surface area contributed by atoms with Crippen LogP contribution in [-0.4, -0.2) is 22.6 Å². The van der Waals surface area contributed by atoms with Crippen molar-refractivity contribution in [2.75, 3.05) is 6.54 Å². The number of carbonyl (C=O) groups excluding carboxylic acids is 2. The largest absolute Gasteiger partial charge is 0.293 e. The summed E-state index contributed by atoms with van der Waals surface area (Å²) in [6.45, 7) is 2.23. The molecule has 0 unspecified atom stereocenters. The molecule has 0 radical (unpaired) electrons. The molecule has 1 saturated heterocycles. The zero-order chi connectivity index (χ0) is 10.8. The van der Waals surface area contributed by atoms with Crippen molar-refractivity contribution in [3.05, 3.63) is 27.3 Å². The maximum absolute atomic E-state index is 11.7. The van der Waals surface area contributed by atoms with Gasteiger partial charge >= 0.3 is 0 Å². The van der Waals surface area contributed by atoms with Gasteiger partial charge in [0.1, 0.15) is 0 Å². The van der Waals surface area contributed by atoms with Crippen molar-refractivity contribution < 1.29 is 9.59 Å². The highest BCUT2D eigenvalue weighted by atomic mass is 32.2. The molecule has 2 heterocycles. The van der Waals surface area contributed by atoms with E-state index >= 15 is 0 Å². The Morgan fingerprint density at radius 2 is 2.27 bits per heavy atom. The van der Waals surface area contributed by atoms with Crippen LogP contribution in [-0.2, 0) is 4.79 Å². The molecule has 0 atom stereocenters. The lowest BCUT2D eigenvalue weighted by molar-refractivity contribution is -0.122. The van der Waals surface area contributed by atoms with Crippen LogP contribution in [0.4, 0.5) is 4.79 Å². The first-order chi connectivity index (χ1) is 7.22. The van der Waals surface area contributed by atoms with Crippen LogP contribution in [0.5, 0.6) is 0 Å². The molecular formula is C10H9NO2S2. The third kappa shape index (κ3) is 1.98. The lowest BCUT2D eigenvalue weighted by Gasteiger charge is -2.06. The van der Waals surface area contributed by atoms with Crippen molar-refractivity contribution in [1.29, 1.82) is 0 Å². The van der Waals surface area contributed by atoms with Gasteiger partial charge in [-0.1, -0.05) is 6.07 Å². The lowest BCUT2D eigenvalue weighted by Crippen LogP contribution is -2.27.